The Bertz CT molecular complexity index is 547. The van der Waals surface area contributed by atoms with E-state index in [4.69, 9.17) is 0 Å². The van der Waals surface area contributed by atoms with Gasteiger partial charge in [-0.25, -0.2) is 8.42 Å². The van der Waals surface area contributed by atoms with E-state index in [1.54, 1.807) is 22.1 Å². The third kappa shape index (κ3) is 3.57. The minimum absolute atomic E-state index is 0.433. The number of hydrogen-bond acceptors (Lipinski definition) is 3. The zero-order chi connectivity index (χ0) is 14.8. The van der Waals surface area contributed by atoms with Crippen molar-refractivity contribution in [3.63, 3.8) is 0 Å². The Hall–Kier alpha value is -0.520. The van der Waals surface area contributed by atoms with E-state index in [1.165, 1.54) is 0 Å². The van der Waals surface area contributed by atoms with Gasteiger partial charge in [-0.15, -0.1) is 0 Å². The molecular formula is C15H23NO2S2. The lowest BCUT2D eigenvalue weighted by Gasteiger charge is -2.34. The predicted molar refractivity (Wildman–Crippen MR) is 85.4 cm³/mol. The first-order valence-corrected chi connectivity index (χ1v) is 9.85. The molecule has 20 heavy (non-hydrogen) atoms. The van der Waals surface area contributed by atoms with Gasteiger partial charge in [-0.3, -0.25) is 0 Å². The van der Waals surface area contributed by atoms with E-state index in [-0.39, 0.29) is 0 Å². The number of sulfonamides is 1. The summed E-state index contributed by atoms with van der Waals surface area (Å²) in [6, 6.07) is 7.35. The number of hydrogen-bond donors (Lipinski definition) is 0. The molecule has 112 valence electrons. The van der Waals surface area contributed by atoms with Crippen molar-refractivity contribution in [2.45, 2.75) is 30.9 Å². The van der Waals surface area contributed by atoms with E-state index in [9.17, 15) is 8.42 Å². The summed E-state index contributed by atoms with van der Waals surface area (Å²) in [5.74, 6) is 1.71. The van der Waals surface area contributed by atoms with Gasteiger partial charge in [-0.1, -0.05) is 26.0 Å². The summed E-state index contributed by atoms with van der Waals surface area (Å²) < 4.78 is 27.2. The summed E-state index contributed by atoms with van der Waals surface area (Å²) in [6.07, 6.45) is 3.13. The van der Waals surface area contributed by atoms with Gasteiger partial charge >= 0.3 is 0 Å². The van der Waals surface area contributed by atoms with Crippen LogP contribution in [-0.4, -0.2) is 32.1 Å². The maximum absolute atomic E-state index is 12.8. The van der Waals surface area contributed by atoms with Crippen molar-refractivity contribution in [3.8, 4) is 0 Å². The molecule has 0 spiro atoms. The van der Waals surface area contributed by atoms with Crippen molar-refractivity contribution >= 4 is 21.8 Å². The summed E-state index contributed by atoms with van der Waals surface area (Å²) >= 11 is 1.70. The van der Waals surface area contributed by atoms with Crippen LogP contribution in [0.2, 0.25) is 0 Å². The van der Waals surface area contributed by atoms with Gasteiger partial charge in [0.25, 0.3) is 0 Å². The summed E-state index contributed by atoms with van der Waals surface area (Å²) in [7, 11) is -3.34. The fourth-order valence-corrected chi connectivity index (χ4v) is 5.18. The van der Waals surface area contributed by atoms with Gasteiger partial charge in [0.2, 0.25) is 10.0 Å². The second-order valence-electron chi connectivity index (χ2n) is 5.85. The molecule has 1 fully saturated rings. The van der Waals surface area contributed by atoms with Crippen molar-refractivity contribution in [2.24, 2.45) is 11.8 Å². The number of thioether (sulfide) groups is 1. The van der Waals surface area contributed by atoms with Crippen molar-refractivity contribution in [2.75, 3.05) is 19.3 Å². The molecule has 2 rings (SSSR count). The molecule has 0 radical (unpaired) electrons. The van der Waals surface area contributed by atoms with E-state index in [0.29, 0.717) is 29.8 Å². The number of nitrogens with zero attached hydrogens (tertiary/aromatic N) is 1. The summed E-state index contributed by atoms with van der Waals surface area (Å²) in [4.78, 5) is 0.436. The van der Waals surface area contributed by atoms with Crippen LogP contribution in [0.15, 0.2) is 29.2 Å². The van der Waals surface area contributed by atoms with Crippen LogP contribution in [-0.2, 0) is 15.8 Å². The van der Waals surface area contributed by atoms with Gasteiger partial charge in [0.05, 0.1) is 4.90 Å². The zero-order valence-corrected chi connectivity index (χ0v) is 14.0. The predicted octanol–water partition coefficient (Wildman–Crippen LogP) is 3.22. The van der Waals surface area contributed by atoms with Gasteiger partial charge < -0.3 is 0 Å². The SMILES string of the molecule is CSCc1cccc(S(=O)(=O)N2CC(C)CC(C)C2)c1. The highest BCUT2D eigenvalue weighted by Gasteiger charge is 2.31. The van der Waals surface area contributed by atoms with E-state index >= 15 is 0 Å². The van der Waals surface area contributed by atoms with Crippen LogP contribution in [0.4, 0.5) is 0 Å². The lowest BCUT2D eigenvalue weighted by atomic mass is 9.94. The van der Waals surface area contributed by atoms with Crippen molar-refractivity contribution < 1.29 is 8.42 Å². The molecule has 3 nitrogen and oxygen atoms in total. The molecule has 1 saturated heterocycles. The molecule has 2 unspecified atom stereocenters. The molecule has 0 bridgehead atoms. The molecule has 1 aliphatic heterocycles. The van der Waals surface area contributed by atoms with Crippen LogP contribution in [0.25, 0.3) is 0 Å². The van der Waals surface area contributed by atoms with Crippen LogP contribution in [0.5, 0.6) is 0 Å². The van der Waals surface area contributed by atoms with Gasteiger partial charge in [-0.05, 0) is 42.2 Å². The van der Waals surface area contributed by atoms with Crippen molar-refractivity contribution in [3.05, 3.63) is 29.8 Å². The van der Waals surface area contributed by atoms with Crippen LogP contribution in [0, 0.1) is 11.8 Å². The highest BCUT2D eigenvalue weighted by molar-refractivity contribution is 7.97. The first kappa shape index (κ1) is 15.9. The molecule has 0 aromatic heterocycles. The third-order valence-electron chi connectivity index (χ3n) is 3.68. The fourth-order valence-electron chi connectivity index (χ4n) is 2.91. The Balaban J connectivity index is 2.27. The minimum atomic E-state index is -3.34. The Kier molecular flexibility index (Phi) is 5.15. The van der Waals surface area contributed by atoms with Gasteiger partial charge in [0.1, 0.15) is 0 Å². The summed E-state index contributed by atoms with van der Waals surface area (Å²) in [6.45, 7) is 5.53. The first-order valence-electron chi connectivity index (χ1n) is 7.01. The van der Waals surface area contributed by atoms with E-state index < -0.39 is 10.0 Å². The Morgan fingerprint density at radius 3 is 2.50 bits per heavy atom. The van der Waals surface area contributed by atoms with Crippen LogP contribution < -0.4 is 0 Å². The second-order valence-corrected chi connectivity index (χ2v) is 8.65. The number of piperidine rings is 1. The highest BCUT2D eigenvalue weighted by Crippen LogP contribution is 2.27. The van der Waals surface area contributed by atoms with E-state index in [2.05, 4.69) is 13.8 Å². The molecule has 0 saturated carbocycles. The lowest BCUT2D eigenvalue weighted by Crippen LogP contribution is -2.42. The molecule has 2 atom stereocenters. The molecule has 0 N–H and O–H groups in total. The molecule has 5 heteroatoms. The Morgan fingerprint density at radius 2 is 1.90 bits per heavy atom. The quantitative estimate of drug-likeness (QED) is 0.856. The third-order valence-corrected chi connectivity index (χ3v) is 6.13. The highest BCUT2D eigenvalue weighted by atomic mass is 32.2. The molecular weight excluding hydrogens is 290 g/mol. The Labute approximate surface area is 126 Å². The summed E-state index contributed by atoms with van der Waals surface area (Å²) in [5.41, 5.74) is 1.07. The number of rotatable bonds is 4. The molecule has 1 aromatic rings. The van der Waals surface area contributed by atoms with E-state index in [0.717, 1.165) is 17.7 Å². The van der Waals surface area contributed by atoms with E-state index in [1.807, 2.05) is 24.5 Å². The normalized spacial score (nSPS) is 24.8. The lowest BCUT2D eigenvalue weighted by molar-refractivity contribution is 0.222. The minimum Gasteiger partial charge on any atom is -0.207 e. The second kappa shape index (κ2) is 6.50. The maximum atomic E-state index is 12.8. The molecule has 1 aliphatic rings. The smallest absolute Gasteiger partial charge is 0.207 e. The molecule has 0 amide bonds. The maximum Gasteiger partial charge on any atom is 0.243 e. The molecule has 1 heterocycles. The van der Waals surface area contributed by atoms with Crippen molar-refractivity contribution in [1.29, 1.82) is 0 Å². The fraction of sp³-hybridized carbons (Fsp3) is 0.600. The Morgan fingerprint density at radius 1 is 1.25 bits per heavy atom. The zero-order valence-electron chi connectivity index (χ0n) is 12.4. The van der Waals surface area contributed by atoms with Crippen LogP contribution in [0.1, 0.15) is 25.8 Å². The van der Waals surface area contributed by atoms with Gasteiger partial charge in [-0.2, -0.15) is 16.1 Å². The average Bonchev–Trinajstić information content (AvgIpc) is 2.38. The molecule has 0 aliphatic carbocycles. The van der Waals surface area contributed by atoms with Crippen molar-refractivity contribution in [1.82, 2.24) is 4.31 Å². The topological polar surface area (TPSA) is 37.4 Å². The monoisotopic (exact) mass is 313 g/mol. The summed E-state index contributed by atoms with van der Waals surface area (Å²) in [5, 5.41) is 0. The number of benzene rings is 1. The average molecular weight is 313 g/mol. The first-order chi connectivity index (χ1) is 9.43. The van der Waals surface area contributed by atoms with Crippen LogP contribution >= 0.6 is 11.8 Å². The largest absolute Gasteiger partial charge is 0.243 e. The van der Waals surface area contributed by atoms with Gasteiger partial charge in [0, 0.05) is 18.8 Å². The standard InChI is InChI=1S/C15H23NO2S2/c1-12-7-13(2)10-16(9-12)20(17,18)15-6-4-5-14(8-15)11-19-3/h4-6,8,12-13H,7,9-11H2,1-3H3. The molecule has 1 aromatic carbocycles. The van der Waals surface area contributed by atoms with Crippen LogP contribution in [0.3, 0.4) is 0 Å². The van der Waals surface area contributed by atoms with Gasteiger partial charge in [0.15, 0.2) is 0 Å².